The first kappa shape index (κ1) is 16.0. The fourth-order valence-electron chi connectivity index (χ4n) is 4.58. The summed E-state index contributed by atoms with van der Waals surface area (Å²) >= 11 is 0. The number of hydrogen-bond acceptors (Lipinski definition) is 4. The van der Waals surface area contributed by atoms with Crippen LogP contribution in [0.25, 0.3) is 5.69 Å². The minimum absolute atomic E-state index is 0.610. The van der Waals surface area contributed by atoms with Gasteiger partial charge in [-0.2, -0.15) is 5.10 Å². The Bertz CT molecular complexity index is 793. The maximum atomic E-state index is 5.79. The van der Waals surface area contributed by atoms with Crippen molar-refractivity contribution in [3.8, 4) is 17.2 Å². The summed E-state index contributed by atoms with van der Waals surface area (Å²) in [6.07, 6.45) is 10.2. The average Bonchev–Trinajstić information content (AvgIpc) is 2.89. The van der Waals surface area contributed by atoms with Crippen molar-refractivity contribution in [3.63, 3.8) is 0 Å². The van der Waals surface area contributed by atoms with E-state index >= 15 is 0 Å². The van der Waals surface area contributed by atoms with Gasteiger partial charge in [-0.25, -0.2) is 4.68 Å². The Labute approximate surface area is 154 Å². The molecule has 1 N–H and O–H groups in total. The van der Waals surface area contributed by atoms with Crippen LogP contribution in [0.4, 0.5) is 5.82 Å². The molecular weight excluding hydrogens is 326 g/mol. The largest absolute Gasteiger partial charge is 0.486 e. The first-order valence-electron chi connectivity index (χ1n) is 10.2. The maximum Gasteiger partial charge on any atom is 0.163 e. The molecule has 138 valence electrons. The predicted molar refractivity (Wildman–Crippen MR) is 102 cm³/mol. The Morgan fingerprint density at radius 2 is 1.81 bits per heavy atom. The molecule has 0 amide bonds. The molecule has 0 radical (unpaired) electrons. The molecule has 2 aromatic rings. The summed E-state index contributed by atoms with van der Waals surface area (Å²) in [5.74, 6) is 3.47. The van der Waals surface area contributed by atoms with Gasteiger partial charge in [0.1, 0.15) is 19.0 Å². The second-order valence-electron chi connectivity index (χ2n) is 7.67. The fraction of sp³-hybridized carbons (Fsp3) is 0.571. The quantitative estimate of drug-likeness (QED) is 0.867. The molecule has 1 fully saturated rings. The minimum Gasteiger partial charge on any atom is -0.486 e. The Morgan fingerprint density at radius 1 is 0.962 bits per heavy atom. The van der Waals surface area contributed by atoms with E-state index < -0.39 is 0 Å². The summed E-state index contributed by atoms with van der Waals surface area (Å²) < 4.78 is 13.6. The number of rotatable bonds is 2. The second-order valence-corrected chi connectivity index (χ2v) is 7.67. The van der Waals surface area contributed by atoms with Crippen LogP contribution in [0.1, 0.15) is 62.1 Å². The minimum atomic E-state index is 0.610. The number of nitrogens with zero attached hydrogens (tertiary/aromatic N) is 2. The van der Waals surface area contributed by atoms with Crippen LogP contribution in [0, 0.1) is 0 Å². The summed E-state index contributed by atoms with van der Waals surface area (Å²) in [6, 6.07) is 6.17. The van der Waals surface area contributed by atoms with E-state index in [2.05, 4.69) is 22.1 Å². The van der Waals surface area contributed by atoms with Crippen molar-refractivity contribution in [2.45, 2.75) is 57.3 Å². The lowest BCUT2D eigenvalue weighted by Crippen LogP contribution is -2.16. The number of anilines is 1. The third-order valence-electron chi connectivity index (χ3n) is 5.92. The van der Waals surface area contributed by atoms with Crippen LogP contribution in [0.15, 0.2) is 18.2 Å². The van der Waals surface area contributed by atoms with Crippen LogP contribution in [0.5, 0.6) is 11.5 Å². The summed E-state index contributed by atoms with van der Waals surface area (Å²) in [7, 11) is 0. The first-order valence-corrected chi connectivity index (χ1v) is 10.2. The van der Waals surface area contributed by atoms with Crippen LogP contribution >= 0.6 is 0 Å². The molecule has 0 atom stereocenters. The van der Waals surface area contributed by atoms with Crippen LogP contribution in [0.2, 0.25) is 0 Å². The van der Waals surface area contributed by atoms with Crippen molar-refractivity contribution in [2.75, 3.05) is 25.1 Å². The van der Waals surface area contributed by atoms with Gasteiger partial charge in [-0.3, -0.25) is 0 Å². The lowest BCUT2D eigenvalue weighted by molar-refractivity contribution is 0.171. The Hall–Kier alpha value is -2.17. The molecule has 26 heavy (non-hydrogen) atoms. The molecule has 3 aliphatic rings. The molecule has 0 bridgehead atoms. The van der Waals surface area contributed by atoms with Crippen LogP contribution in [-0.4, -0.2) is 29.5 Å². The molecule has 0 unspecified atom stereocenters. The third kappa shape index (κ3) is 2.83. The zero-order valence-electron chi connectivity index (χ0n) is 15.3. The van der Waals surface area contributed by atoms with Crippen LogP contribution in [-0.2, 0) is 6.42 Å². The van der Waals surface area contributed by atoms with Crippen molar-refractivity contribution in [2.24, 2.45) is 0 Å². The van der Waals surface area contributed by atoms with Gasteiger partial charge in [-0.1, -0.05) is 19.3 Å². The molecule has 5 nitrogen and oxygen atoms in total. The molecule has 1 saturated carbocycles. The van der Waals surface area contributed by atoms with Crippen molar-refractivity contribution in [1.29, 1.82) is 0 Å². The molecule has 1 aliphatic carbocycles. The van der Waals surface area contributed by atoms with E-state index in [1.165, 1.54) is 62.0 Å². The highest BCUT2D eigenvalue weighted by Gasteiger charge is 2.27. The van der Waals surface area contributed by atoms with E-state index in [0.29, 0.717) is 19.1 Å². The van der Waals surface area contributed by atoms with E-state index in [4.69, 9.17) is 14.6 Å². The van der Waals surface area contributed by atoms with Crippen molar-refractivity contribution in [1.82, 2.24) is 9.78 Å². The van der Waals surface area contributed by atoms with Gasteiger partial charge >= 0.3 is 0 Å². The highest BCUT2D eigenvalue weighted by molar-refractivity contribution is 5.58. The monoisotopic (exact) mass is 353 g/mol. The van der Waals surface area contributed by atoms with Gasteiger partial charge in [0.05, 0.1) is 11.4 Å². The molecule has 0 spiro atoms. The van der Waals surface area contributed by atoms with E-state index in [1.54, 1.807) is 0 Å². The Kier molecular flexibility index (Phi) is 4.23. The summed E-state index contributed by atoms with van der Waals surface area (Å²) in [6.45, 7) is 2.25. The van der Waals surface area contributed by atoms with Gasteiger partial charge in [-0.05, 0) is 44.2 Å². The number of benzene rings is 1. The predicted octanol–water partition coefficient (Wildman–Crippen LogP) is 4.44. The van der Waals surface area contributed by atoms with Crippen LogP contribution < -0.4 is 14.8 Å². The molecule has 0 saturated heterocycles. The van der Waals surface area contributed by atoms with Crippen molar-refractivity contribution in [3.05, 3.63) is 29.5 Å². The van der Waals surface area contributed by atoms with E-state index in [-0.39, 0.29) is 0 Å². The molecule has 5 rings (SSSR count). The summed E-state index contributed by atoms with van der Waals surface area (Å²) in [4.78, 5) is 0. The SMILES string of the molecule is c1cc2c(cc1-n1nc(C3CCCCC3)c3c1NCCCC3)OCCO2. The van der Waals surface area contributed by atoms with Gasteiger partial charge in [0, 0.05) is 24.1 Å². The molecule has 3 heterocycles. The van der Waals surface area contributed by atoms with E-state index in [9.17, 15) is 0 Å². The Balaban J connectivity index is 1.58. The van der Waals surface area contributed by atoms with E-state index in [1.807, 2.05) is 6.07 Å². The molecule has 2 aliphatic heterocycles. The van der Waals surface area contributed by atoms with Gasteiger partial charge in [0.25, 0.3) is 0 Å². The highest BCUT2D eigenvalue weighted by atomic mass is 16.6. The summed E-state index contributed by atoms with van der Waals surface area (Å²) in [5.41, 5.74) is 3.84. The maximum absolute atomic E-state index is 5.79. The van der Waals surface area contributed by atoms with Crippen molar-refractivity contribution >= 4 is 5.82 Å². The number of hydrogen-bond donors (Lipinski definition) is 1. The van der Waals surface area contributed by atoms with Gasteiger partial charge < -0.3 is 14.8 Å². The number of nitrogens with one attached hydrogen (secondary N) is 1. The first-order chi connectivity index (χ1) is 12.9. The fourth-order valence-corrected chi connectivity index (χ4v) is 4.58. The van der Waals surface area contributed by atoms with Crippen LogP contribution in [0.3, 0.4) is 0 Å². The lowest BCUT2D eigenvalue weighted by atomic mass is 9.85. The number of ether oxygens (including phenoxy) is 2. The normalized spacial score (nSPS) is 20.2. The number of aromatic nitrogens is 2. The van der Waals surface area contributed by atoms with Gasteiger partial charge in [-0.15, -0.1) is 0 Å². The average molecular weight is 353 g/mol. The zero-order chi connectivity index (χ0) is 17.3. The highest BCUT2D eigenvalue weighted by Crippen LogP contribution is 2.39. The molecule has 5 heteroatoms. The zero-order valence-corrected chi connectivity index (χ0v) is 15.3. The van der Waals surface area contributed by atoms with E-state index in [0.717, 1.165) is 30.2 Å². The molecular formula is C21H27N3O2. The Morgan fingerprint density at radius 3 is 2.69 bits per heavy atom. The van der Waals surface area contributed by atoms with Gasteiger partial charge in [0.2, 0.25) is 0 Å². The topological polar surface area (TPSA) is 48.3 Å². The molecule has 1 aromatic carbocycles. The summed E-state index contributed by atoms with van der Waals surface area (Å²) in [5, 5.41) is 8.79. The smallest absolute Gasteiger partial charge is 0.163 e. The van der Waals surface area contributed by atoms with Gasteiger partial charge in [0.15, 0.2) is 11.5 Å². The number of fused-ring (bicyclic) bond motifs is 2. The second kappa shape index (κ2) is 6.86. The lowest BCUT2D eigenvalue weighted by Gasteiger charge is -2.21. The van der Waals surface area contributed by atoms with Crippen molar-refractivity contribution < 1.29 is 9.47 Å². The third-order valence-corrected chi connectivity index (χ3v) is 5.92. The molecule has 1 aromatic heterocycles. The standard InChI is InChI=1S/C21H27N3O2/c1-2-6-15(7-3-1)20-17-8-4-5-11-22-21(17)24(23-20)16-9-10-18-19(14-16)26-13-12-25-18/h9-10,14-15,22H,1-8,11-13H2.